The molecule has 1 aliphatic rings. The van der Waals surface area contributed by atoms with Gasteiger partial charge in [-0.3, -0.25) is 21.1 Å². The summed E-state index contributed by atoms with van der Waals surface area (Å²) in [7, 11) is 3.88. The van der Waals surface area contributed by atoms with E-state index in [0.717, 1.165) is 11.6 Å². The van der Waals surface area contributed by atoms with E-state index in [9.17, 15) is 18.0 Å². The number of amides is 1. The Kier molecular flexibility index (Phi) is 6.70. The van der Waals surface area contributed by atoms with Crippen LogP contribution in [0.25, 0.3) is 17.0 Å². The van der Waals surface area contributed by atoms with E-state index in [4.69, 9.17) is 0 Å². The fraction of sp³-hybridized carbons (Fsp3) is 0.259. The van der Waals surface area contributed by atoms with Crippen molar-refractivity contribution in [2.75, 3.05) is 31.5 Å². The van der Waals surface area contributed by atoms with Crippen LogP contribution < -0.4 is 5.32 Å². The topological polar surface area (TPSA) is 65.8 Å². The first-order valence-corrected chi connectivity index (χ1v) is 11.9. The number of anilines is 1. The molecular formula is C27H26F3N6O-. The molecule has 5 rings (SSSR count). The molecule has 0 saturated carbocycles. The molecule has 1 amide bonds. The van der Waals surface area contributed by atoms with Crippen LogP contribution >= 0.6 is 0 Å². The van der Waals surface area contributed by atoms with Gasteiger partial charge in [0.2, 0.25) is 0 Å². The summed E-state index contributed by atoms with van der Waals surface area (Å²) < 4.78 is 43.6. The van der Waals surface area contributed by atoms with E-state index < -0.39 is 17.6 Å². The molecule has 2 aromatic carbocycles. The lowest BCUT2D eigenvalue weighted by Crippen LogP contribution is -2.43. The van der Waals surface area contributed by atoms with E-state index in [0.29, 0.717) is 48.8 Å². The molecule has 0 radical (unpaired) electrons. The fourth-order valence-corrected chi connectivity index (χ4v) is 4.48. The molecule has 1 fully saturated rings. The van der Waals surface area contributed by atoms with Crippen molar-refractivity contribution in [2.24, 2.45) is 0 Å². The number of piperazine rings is 1. The Morgan fingerprint density at radius 2 is 1.81 bits per heavy atom. The van der Waals surface area contributed by atoms with Gasteiger partial charge in [0.15, 0.2) is 11.5 Å². The number of rotatable bonds is 5. The SMILES string of the molecule is [CH2-]N1CCN(Cc2ccc(NC(=O)c3ccc(C)c(-c4nnc5ccccn45)c3)cc2C(F)(F)F)CC1. The number of carbonyl (C=O) groups is 1. The van der Waals surface area contributed by atoms with E-state index >= 15 is 0 Å². The minimum Gasteiger partial charge on any atom is -0.457 e. The van der Waals surface area contributed by atoms with Crippen LogP contribution in [-0.4, -0.2) is 56.5 Å². The van der Waals surface area contributed by atoms with E-state index in [-0.39, 0.29) is 17.8 Å². The van der Waals surface area contributed by atoms with E-state index in [1.165, 1.54) is 12.1 Å². The summed E-state index contributed by atoms with van der Waals surface area (Å²) in [4.78, 5) is 16.9. The van der Waals surface area contributed by atoms with Gasteiger partial charge in [0, 0.05) is 42.6 Å². The van der Waals surface area contributed by atoms with Crippen molar-refractivity contribution in [3.8, 4) is 11.4 Å². The average molecular weight is 508 g/mol. The average Bonchev–Trinajstić information content (AvgIpc) is 3.30. The van der Waals surface area contributed by atoms with Gasteiger partial charge >= 0.3 is 6.18 Å². The highest BCUT2D eigenvalue weighted by Crippen LogP contribution is 2.35. The number of hydrogen-bond acceptors (Lipinski definition) is 5. The molecule has 1 N–H and O–H groups in total. The highest BCUT2D eigenvalue weighted by molar-refractivity contribution is 6.05. The molecule has 1 saturated heterocycles. The van der Waals surface area contributed by atoms with Crippen LogP contribution in [0.1, 0.15) is 27.0 Å². The van der Waals surface area contributed by atoms with Gasteiger partial charge in [0.1, 0.15) is 0 Å². The van der Waals surface area contributed by atoms with Crippen molar-refractivity contribution >= 4 is 17.2 Å². The minimum absolute atomic E-state index is 0.0821. The molecule has 0 aliphatic carbocycles. The van der Waals surface area contributed by atoms with Gasteiger partial charge in [-0.25, -0.2) is 0 Å². The molecule has 1 aliphatic heterocycles. The second-order valence-electron chi connectivity index (χ2n) is 9.20. The maximum Gasteiger partial charge on any atom is 0.416 e. The summed E-state index contributed by atoms with van der Waals surface area (Å²) in [6, 6.07) is 14.6. The number of hydrogen-bond donors (Lipinski definition) is 1. The lowest BCUT2D eigenvalue weighted by Gasteiger charge is -2.37. The van der Waals surface area contributed by atoms with Crippen LogP contribution in [0.4, 0.5) is 18.9 Å². The van der Waals surface area contributed by atoms with Crippen LogP contribution in [0.3, 0.4) is 0 Å². The number of alkyl halides is 3. The second-order valence-corrected chi connectivity index (χ2v) is 9.20. The van der Waals surface area contributed by atoms with Crippen LogP contribution in [0.2, 0.25) is 0 Å². The van der Waals surface area contributed by atoms with E-state index in [1.54, 1.807) is 18.2 Å². The third-order valence-corrected chi connectivity index (χ3v) is 6.59. The Labute approximate surface area is 212 Å². The normalized spacial score (nSPS) is 15.3. The molecule has 2 aromatic heterocycles. The second kappa shape index (κ2) is 9.95. The third kappa shape index (κ3) is 5.35. The molecule has 10 heteroatoms. The molecule has 0 bridgehead atoms. The number of nitrogens with zero attached hydrogens (tertiary/aromatic N) is 5. The first-order chi connectivity index (χ1) is 17.7. The molecule has 3 heterocycles. The Hall–Kier alpha value is -3.76. The first-order valence-electron chi connectivity index (χ1n) is 11.9. The van der Waals surface area contributed by atoms with Crippen LogP contribution in [-0.2, 0) is 12.7 Å². The predicted octanol–water partition coefficient (Wildman–Crippen LogP) is 4.89. The van der Waals surface area contributed by atoms with Crippen LogP contribution in [0.5, 0.6) is 0 Å². The number of carbonyl (C=O) groups excluding carboxylic acids is 1. The van der Waals surface area contributed by atoms with Gasteiger partial charge in [-0.1, -0.05) is 18.2 Å². The summed E-state index contributed by atoms with van der Waals surface area (Å²) in [6.45, 7) is 4.79. The highest BCUT2D eigenvalue weighted by Gasteiger charge is 2.34. The maximum absolute atomic E-state index is 13.9. The standard InChI is InChI=1S/C27H26F3N6O/c1-18-6-7-19(15-22(18)25-33-32-24-5-3-4-10-36(24)25)26(37)31-21-9-8-20(23(16-21)27(28,29)30)17-35-13-11-34(2)12-14-35/h3-10,15-16H,2,11-14,17H2,1H3,(H,31,37)/q-1. The largest absolute Gasteiger partial charge is 0.457 e. The van der Waals surface area contributed by atoms with Crippen molar-refractivity contribution in [3.05, 3.63) is 90.1 Å². The Bertz CT molecular complexity index is 1440. The molecule has 7 nitrogen and oxygen atoms in total. The summed E-state index contributed by atoms with van der Waals surface area (Å²) in [5.41, 5.74) is 2.08. The van der Waals surface area contributed by atoms with Crippen molar-refractivity contribution in [1.82, 2.24) is 24.4 Å². The highest BCUT2D eigenvalue weighted by atomic mass is 19.4. The first kappa shape index (κ1) is 24.9. The zero-order valence-corrected chi connectivity index (χ0v) is 20.3. The number of aromatic nitrogens is 3. The van der Waals surface area contributed by atoms with Gasteiger partial charge in [-0.15, -0.1) is 10.2 Å². The predicted molar refractivity (Wildman–Crippen MR) is 135 cm³/mol. The molecule has 192 valence electrons. The molecule has 4 aromatic rings. The summed E-state index contributed by atoms with van der Waals surface area (Å²) in [6.07, 6.45) is -2.72. The lowest BCUT2D eigenvalue weighted by atomic mass is 10.0. The lowest BCUT2D eigenvalue weighted by molar-refractivity contribution is -0.138. The van der Waals surface area contributed by atoms with E-state index in [1.807, 2.05) is 45.5 Å². The van der Waals surface area contributed by atoms with Gasteiger partial charge in [0.25, 0.3) is 5.91 Å². The molecule has 0 atom stereocenters. The number of benzene rings is 2. The number of aryl methyl sites for hydroxylation is 1. The quantitative estimate of drug-likeness (QED) is 0.390. The van der Waals surface area contributed by atoms with Crippen LogP contribution in [0, 0.1) is 14.0 Å². The minimum atomic E-state index is -4.55. The number of halogens is 3. The zero-order chi connectivity index (χ0) is 26.2. The number of nitrogens with one attached hydrogen (secondary N) is 1. The number of pyridine rings is 1. The number of fused-ring (bicyclic) bond motifs is 1. The smallest absolute Gasteiger partial charge is 0.416 e. The Morgan fingerprint density at radius 3 is 2.57 bits per heavy atom. The summed E-state index contributed by atoms with van der Waals surface area (Å²) >= 11 is 0. The molecular weight excluding hydrogens is 481 g/mol. The molecule has 0 unspecified atom stereocenters. The zero-order valence-electron chi connectivity index (χ0n) is 20.3. The van der Waals surface area contributed by atoms with Crippen molar-refractivity contribution in [3.63, 3.8) is 0 Å². The fourth-order valence-electron chi connectivity index (χ4n) is 4.48. The van der Waals surface area contributed by atoms with Gasteiger partial charge < -0.3 is 10.2 Å². The third-order valence-electron chi connectivity index (χ3n) is 6.59. The van der Waals surface area contributed by atoms with Crippen molar-refractivity contribution in [2.45, 2.75) is 19.6 Å². The monoisotopic (exact) mass is 507 g/mol. The Morgan fingerprint density at radius 1 is 1.03 bits per heavy atom. The maximum atomic E-state index is 13.9. The van der Waals surface area contributed by atoms with Gasteiger partial charge in [0.05, 0.1) is 5.56 Å². The molecule has 37 heavy (non-hydrogen) atoms. The van der Waals surface area contributed by atoms with Crippen molar-refractivity contribution < 1.29 is 18.0 Å². The van der Waals surface area contributed by atoms with Gasteiger partial charge in [-0.05, 0) is 67.5 Å². The van der Waals surface area contributed by atoms with Crippen molar-refractivity contribution in [1.29, 1.82) is 0 Å². The Balaban J connectivity index is 1.39. The summed E-state index contributed by atoms with van der Waals surface area (Å²) in [5.74, 6) is 0.0636. The summed E-state index contributed by atoms with van der Waals surface area (Å²) in [5, 5.41) is 11.0. The molecule has 0 spiro atoms. The van der Waals surface area contributed by atoms with Gasteiger partial charge in [-0.2, -0.15) is 13.2 Å². The van der Waals surface area contributed by atoms with E-state index in [2.05, 4.69) is 22.6 Å². The van der Waals surface area contributed by atoms with Crippen LogP contribution in [0.15, 0.2) is 60.8 Å².